The van der Waals surface area contributed by atoms with Crippen LogP contribution in [-0.2, 0) is 9.59 Å². The molecule has 0 spiro atoms. The van der Waals surface area contributed by atoms with E-state index in [1.165, 1.54) is 6.92 Å². The molecule has 2 N–H and O–H groups in total. The summed E-state index contributed by atoms with van der Waals surface area (Å²) in [7, 11) is 0. The Labute approximate surface area is 131 Å². The molecule has 0 aliphatic rings. The lowest BCUT2D eigenvalue weighted by molar-refractivity contribution is -0.123. The number of carbonyl (C=O) groups excluding carboxylic acids is 2. The van der Waals surface area contributed by atoms with Crippen molar-refractivity contribution in [3.63, 3.8) is 0 Å². The monoisotopic (exact) mass is 310 g/mol. The van der Waals surface area contributed by atoms with E-state index in [0.717, 1.165) is 17.7 Å². The van der Waals surface area contributed by atoms with E-state index in [2.05, 4.69) is 24.5 Å². The van der Waals surface area contributed by atoms with Crippen molar-refractivity contribution in [3.8, 4) is 0 Å². The minimum absolute atomic E-state index is 0.0154. The molecular formula is C16H26N2O2S. The van der Waals surface area contributed by atoms with Crippen LogP contribution in [0.5, 0.6) is 0 Å². The van der Waals surface area contributed by atoms with Crippen molar-refractivity contribution in [2.75, 3.05) is 0 Å². The Balaban J connectivity index is 2.50. The van der Waals surface area contributed by atoms with Crippen LogP contribution in [0.15, 0.2) is 17.5 Å². The van der Waals surface area contributed by atoms with Gasteiger partial charge in [-0.2, -0.15) is 0 Å². The van der Waals surface area contributed by atoms with Crippen LogP contribution < -0.4 is 10.6 Å². The molecule has 1 rings (SSSR count). The van der Waals surface area contributed by atoms with Gasteiger partial charge in [0.25, 0.3) is 0 Å². The average Bonchev–Trinajstić information content (AvgIpc) is 2.88. The van der Waals surface area contributed by atoms with Gasteiger partial charge in [-0.05, 0) is 37.1 Å². The first-order chi connectivity index (χ1) is 9.88. The van der Waals surface area contributed by atoms with E-state index in [-0.39, 0.29) is 30.3 Å². The fraction of sp³-hybridized carbons (Fsp3) is 0.625. The molecule has 0 saturated heterocycles. The lowest BCUT2D eigenvalue weighted by atomic mass is 10.0. The maximum Gasteiger partial charge on any atom is 0.222 e. The van der Waals surface area contributed by atoms with Gasteiger partial charge in [-0.1, -0.05) is 19.9 Å². The predicted octanol–water partition coefficient (Wildman–Crippen LogP) is 3.26. The summed E-state index contributed by atoms with van der Waals surface area (Å²) in [5, 5.41) is 7.81. The van der Waals surface area contributed by atoms with Crippen molar-refractivity contribution >= 4 is 23.2 Å². The van der Waals surface area contributed by atoms with Crippen LogP contribution in [0.1, 0.15) is 57.9 Å². The van der Waals surface area contributed by atoms with Crippen LogP contribution in [0.3, 0.4) is 0 Å². The van der Waals surface area contributed by atoms with Gasteiger partial charge in [0.2, 0.25) is 11.8 Å². The van der Waals surface area contributed by atoms with E-state index in [1.807, 2.05) is 24.4 Å². The van der Waals surface area contributed by atoms with Gasteiger partial charge in [-0.25, -0.2) is 0 Å². The number of amides is 2. The minimum Gasteiger partial charge on any atom is -0.354 e. The molecular weight excluding hydrogens is 284 g/mol. The van der Waals surface area contributed by atoms with Gasteiger partial charge in [0.1, 0.15) is 0 Å². The highest BCUT2D eigenvalue weighted by Crippen LogP contribution is 2.22. The van der Waals surface area contributed by atoms with Gasteiger partial charge in [0, 0.05) is 17.8 Å². The Morgan fingerprint density at radius 2 is 1.90 bits per heavy atom. The third kappa shape index (κ3) is 7.27. The molecule has 1 heterocycles. The predicted molar refractivity (Wildman–Crippen MR) is 87.2 cm³/mol. The Kier molecular flexibility index (Phi) is 7.43. The molecule has 2 atom stereocenters. The van der Waals surface area contributed by atoms with Crippen LogP contribution in [0.25, 0.3) is 0 Å². The van der Waals surface area contributed by atoms with Crippen LogP contribution >= 0.6 is 11.3 Å². The Hall–Kier alpha value is -1.36. The minimum atomic E-state index is -0.236. The molecule has 0 aliphatic carbocycles. The first-order valence-electron chi connectivity index (χ1n) is 7.48. The van der Waals surface area contributed by atoms with E-state index in [4.69, 9.17) is 0 Å². The highest BCUT2D eigenvalue weighted by molar-refractivity contribution is 7.10. The van der Waals surface area contributed by atoms with Gasteiger partial charge in [-0.15, -0.1) is 11.3 Å². The highest BCUT2D eigenvalue weighted by Gasteiger charge is 2.19. The lowest BCUT2D eigenvalue weighted by Gasteiger charge is -2.19. The summed E-state index contributed by atoms with van der Waals surface area (Å²) in [4.78, 5) is 24.4. The van der Waals surface area contributed by atoms with Crippen molar-refractivity contribution in [2.24, 2.45) is 5.92 Å². The van der Waals surface area contributed by atoms with Crippen molar-refractivity contribution in [1.82, 2.24) is 10.6 Å². The number of hydrogen-bond donors (Lipinski definition) is 2. The standard InChI is InChI=1S/C16H26N2O2S/c1-11(2)7-8-12(3)17-16(20)10-14(18-13(4)19)15-6-5-9-21-15/h5-6,9,11-12,14H,7-8,10H2,1-4H3,(H,17,20)(H,18,19)/t12-,14+/m0/s1. The van der Waals surface area contributed by atoms with E-state index >= 15 is 0 Å². The molecule has 0 radical (unpaired) electrons. The van der Waals surface area contributed by atoms with Gasteiger partial charge >= 0.3 is 0 Å². The topological polar surface area (TPSA) is 58.2 Å². The molecule has 21 heavy (non-hydrogen) atoms. The smallest absolute Gasteiger partial charge is 0.222 e. The van der Waals surface area contributed by atoms with E-state index in [1.54, 1.807) is 11.3 Å². The van der Waals surface area contributed by atoms with Crippen molar-refractivity contribution in [1.29, 1.82) is 0 Å². The quantitative estimate of drug-likeness (QED) is 0.774. The van der Waals surface area contributed by atoms with Gasteiger partial charge in [0.05, 0.1) is 12.5 Å². The van der Waals surface area contributed by atoms with Gasteiger partial charge in [-0.3, -0.25) is 9.59 Å². The zero-order valence-electron chi connectivity index (χ0n) is 13.3. The molecule has 1 aromatic heterocycles. The molecule has 5 heteroatoms. The molecule has 4 nitrogen and oxygen atoms in total. The normalized spacial score (nSPS) is 13.8. The third-order valence-corrected chi connectivity index (χ3v) is 4.22. The second-order valence-corrected chi connectivity index (χ2v) is 6.89. The summed E-state index contributed by atoms with van der Waals surface area (Å²) in [5.41, 5.74) is 0. The molecule has 0 fully saturated rings. The van der Waals surface area contributed by atoms with Gasteiger partial charge < -0.3 is 10.6 Å². The van der Waals surface area contributed by atoms with Crippen LogP contribution in [-0.4, -0.2) is 17.9 Å². The first-order valence-corrected chi connectivity index (χ1v) is 8.36. The Morgan fingerprint density at radius 3 is 2.43 bits per heavy atom. The molecule has 0 aliphatic heterocycles. The van der Waals surface area contributed by atoms with Crippen LogP contribution in [0, 0.1) is 5.92 Å². The fourth-order valence-corrected chi connectivity index (χ4v) is 2.91. The number of hydrogen-bond acceptors (Lipinski definition) is 3. The number of thiophene rings is 1. The third-order valence-electron chi connectivity index (χ3n) is 3.24. The maximum atomic E-state index is 12.1. The molecule has 0 aromatic carbocycles. The van der Waals surface area contributed by atoms with E-state index in [0.29, 0.717) is 5.92 Å². The molecule has 1 aromatic rings. The second kappa shape index (κ2) is 8.82. The maximum absolute atomic E-state index is 12.1. The lowest BCUT2D eigenvalue weighted by Crippen LogP contribution is -2.36. The summed E-state index contributed by atoms with van der Waals surface area (Å²) >= 11 is 1.55. The Bertz CT molecular complexity index is 443. The largest absolute Gasteiger partial charge is 0.354 e. The number of carbonyl (C=O) groups is 2. The molecule has 0 saturated carbocycles. The summed E-state index contributed by atoms with van der Waals surface area (Å²) in [5.74, 6) is 0.509. The van der Waals surface area contributed by atoms with Crippen LogP contribution in [0.2, 0.25) is 0 Å². The van der Waals surface area contributed by atoms with Gasteiger partial charge in [0.15, 0.2) is 0 Å². The van der Waals surface area contributed by atoms with E-state index < -0.39 is 0 Å². The SMILES string of the molecule is CC(=O)N[C@H](CC(=O)N[C@@H](C)CCC(C)C)c1cccs1. The molecule has 2 amide bonds. The summed E-state index contributed by atoms with van der Waals surface area (Å²) in [6.07, 6.45) is 2.36. The summed E-state index contributed by atoms with van der Waals surface area (Å²) in [6.45, 7) is 7.86. The molecule has 0 bridgehead atoms. The summed E-state index contributed by atoms with van der Waals surface area (Å²) in [6, 6.07) is 3.81. The van der Waals surface area contributed by atoms with Crippen molar-refractivity contribution in [3.05, 3.63) is 22.4 Å². The number of rotatable bonds is 8. The number of nitrogens with one attached hydrogen (secondary N) is 2. The second-order valence-electron chi connectivity index (χ2n) is 5.91. The average molecular weight is 310 g/mol. The highest BCUT2D eigenvalue weighted by atomic mass is 32.1. The zero-order valence-corrected chi connectivity index (χ0v) is 14.1. The van der Waals surface area contributed by atoms with Crippen molar-refractivity contribution < 1.29 is 9.59 Å². The Morgan fingerprint density at radius 1 is 1.19 bits per heavy atom. The fourth-order valence-electron chi connectivity index (χ4n) is 2.13. The molecule has 0 unspecified atom stereocenters. The summed E-state index contributed by atoms with van der Waals surface area (Å²) < 4.78 is 0. The molecule has 118 valence electrons. The first kappa shape index (κ1) is 17.7. The van der Waals surface area contributed by atoms with Crippen LogP contribution in [0.4, 0.5) is 0 Å². The van der Waals surface area contributed by atoms with Crippen molar-refractivity contribution in [2.45, 2.75) is 59.0 Å². The van der Waals surface area contributed by atoms with E-state index in [9.17, 15) is 9.59 Å². The zero-order chi connectivity index (χ0) is 15.8.